The Morgan fingerprint density at radius 3 is 1.07 bits per heavy atom. The fourth-order valence-electron chi connectivity index (χ4n) is 10.4. The van der Waals surface area contributed by atoms with Crippen molar-refractivity contribution in [1.29, 1.82) is 0 Å². The van der Waals surface area contributed by atoms with Gasteiger partial charge in [-0.25, -0.2) is 0 Å². The first kappa shape index (κ1) is 46.5. The molecule has 2 nitrogen and oxygen atoms in total. The number of anilines is 2. The molecule has 0 amide bonds. The number of rotatable bonds is 28. The molecule has 2 atom stereocenters. The molecular formula is C57H84N2. The van der Waals surface area contributed by atoms with Gasteiger partial charge >= 0.3 is 0 Å². The van der Waals surface area contributed by atoms with E-state index < -0.39 is 0 Å². The number of hydrogen-bond acceptors (Lipinski definition) is 2. The maximum absolute atomic E-state index is 6.18. The Labute approximate surface area is 362 Å². The Kier molecular flexibility index (Phi) is 20.5. The highest BCUT2D eigenvalue weighted by Crippen LogP contribution is 2.48. The highest BCUT2D eigenvalue weighted by Gasteiger charge is 2.38. The number of nitrogens with two attached hydrogens (primary N) is 2. The molecule has 1 saturated carbocycles. The molecule has 5 rings (SSSR count). The van der Waals surface area contributed by atoms with Crippen LogP contribution in [0.25, 0.3) is 0 Å². The van der Waals surface area contributed by atoms with Crippen molar-refractivity contribution in [2.24, 2.45) is 5.92 Å². The quantitative estimate of drug-likeness (QED) is 0.0444. The van der Waals surface area contributed by atoms with Gasteiger partial charge < -0.3 is 11.5 Å². The van der Waals surface area contributed by atoms with Crippen LogP contribution in [0.4, 0.5) is 11.4 Å². The van der Waals surface area contributed by atoms with Gasteiger partial charge in [-0.3, -0.25) is 0 Å². The number of benzene rings is 4. The molecule has 0 aromatic heterocycles. The van der Waals surface area contributed by atoms with Gasteiger partial charge in [-0.2, -0.15) is 0 Å². The summed E-state index contributed by atoms with van der Waals surface area (Å²) in [6.07, 6.45) is 34.6. The topological polar surface area (TPSA) is 52.0 Å². The van der Waals surface area contributed by atoms with Gasteiger partial charge in [-0.1, -0.05) is 222 Å². The number of unbranched alkanes of at least 4 members (excludes halogenated alkanes) is 16. The summed E-state index contributed by atoms with van der Waals surface area (Å²) in [4.78, 5) is 0. The first-order chi connectivity index (χ1) is 29.0. The molecule has 4 aromatic carbocycles. The van der Waals surface area contributed by atoms with Crippen LogP contribution in [0.1, 0.15) is 233 Å². The molecule has 0 saturated heterocycles. The van der Waals surface area contributed by atoms with Crippen LogP contribution in [-0.2, 0) is 5.41 Å². The maximum Gasteiger partial charge on any atom is 0.0314 e. The smallest absolute Gasteiger partial charge is 0.0314 e. The van der Waals surface area contributed by atoms with E-state index in [1.54, 1.807) is 0 Å². The van der Waals surface area contributed by atoms with Crippen LogP contribution in [0.15, 0.2) is 97.1 Å². The zero-order valence-corrected chi connectivity index (χ0v) is 38.0. The van der Waals surface area contributed by atoms with Crippen molar-refractivity contribution in [1.82, 2.24) is 0 Å². The molecule has 4 aromatic rings. The summed E-state index contributed by atoms with van der Waals surface area (Å²) in [6.45, 7) is 6.94. The van der Waals surface area contributed by atoms with E-state index in [4.69, 9.17) is 11.5 Å². The fourth-order valence-corrected chi connectivity index (χ4v) is 10.4. The summed E-state index contributed by atoms with van der Waals surface area (Å²) in [5, 5.41) is 0. The molecule has 0 radical (unpaired) electrons. The van der Waals surface area contributed by atoms with Crippen LogP contribution in [0.2, 0.25) is 0 Å². The molecule has 59 heavy (non-hydrogen) atoms. The predicted molar refractivity (Wildman–Crippen MR) is 260 cm³/mol. The molecule has 2 heteroatoms. The van der Waals surface area contributed by atoms with Crippen LogP contribution >= 0.6 is 0 Å². The summed E-state index contributed by atoms with van der Waals surface area (Å²) in [7, 11) is 0. The SMILES string of the molecule is CCCCCCCCCCC(c1ccc(N)cc1)c1ccc(C2(c3ccc(C(CCCCCCCCCC)c4ccc(N)cc4)cc3)CCC(CCCCC)CC2)cc1. The van der Waals surface area contributed by atoms with Crippen molar-refractivity contribution >= 4 is 11.4 Å². The molecule has 1 fully saturated rings. The van der Waals surface area contributed by atoms with Gasteiger partial charge in [0.2, 0.25) is 0 Å². The highest BCUT2D eigenvalue weighted by atomic mass is 14.5. The lowest BCUT2D eigenvalue weighted by atomic mass is 9.62. The van der Waals surface area contributed by atoms with Crippen molar-refractivity contribution in [3.8, 4) is 0 Å². The summed E-state index contributed by atoms with van der Waals surface area (Å²) in [6, 6.07) is 37.5. The molecule has 4 N–H and O–H groups in total. The van der Waals surface area contributed by atoms with Gasteiger partial charge in [-0.15, -0.1) is 0 Å². The normalized spacial score (nSPS) is 17.8. The lowest BCUT2D eigenvalue weighted by Gasteiger charge is -2.42. The average molecular weight is 797 g/mol. The lowest BCUT2D eigenvalue weighted by molar-refractivity contribution is 0.250. The second kappa shape index (κ2) is 26.0. The molecule has 0 bridgehead atoms. The van der Waals surface area contributed by atoms with Gasteiger partial charge in [0.15, 0.2) is 0 Å². The van der Waals surface area contributed by atoms with Crippen LogP contribution in [0.5, 0.6) is 0 Å². The van der Waals surface area contributed by atoms with E-state index in [-0.39, 0.29) is 5.41 Å². The van der Waals surface area contributed by atoms with E-state index in [0.717, 1.165) is 17.3 Å². The third kappa shape index (κ3) is 14.6. The number of nitrogen functional groups attached to an aromatic ring is 2. The maximum atomic E-state index is 6.18. The molecular weight excluding hydrogens is 713 g/mol. The minimum atomic E-state index is 0.0568. The second-order valence-electron chi connectivity index (χ2n) is 18.7. The number of hydrogen-bond donors (Lipinski definition) is 2. The first-order valence-corrected chi connectivity index (χ1v) is 24.9. The lowest BCUT2D eigenvalue weighted by Crippen LogP contribution is -2.33. The Bertz CT molecular complexity index is 1550. The summed E-state index contributed by atoms with van der Waals surface area (Å²) in [5.41, 5.74) is 22.8. The Morgan fingerprint density at radius 2 is 0.712 bits per heavy atom. The monoisotopic (exact) mass is 797 g/mol. The summed E-state index contributed by atoms with van der Waals surface area (Å²) < 4.78 is 0. The Morgan fingerprint density at radius 1 is 0.407 bits per heavy atom. The predicted octanol–water partition coefficient (Wildman–Crippen LogP) is 17.2. The molecule has 2 unspecified atom stereocenters. The van der Waals surface area contributed by atoms with Crippen molar-refractivity contribution < 1.29 is 0 Å². The molecule has 0 spiro atoms. The minimum absolute atomic E-state index is 0.0568. The van der Waals surface area contributed by atoms with E-state index in [0.29, 0.717) is 11.8 Å². The van der Waals surface area contributed by atoms with Gasteiger partial charge in [0.25, 0.3) is 0 Å². The van der Waals surface area contributed by atoms with Crippen molar-refractivity contribution in [2.75, 3.05) is 11.5 Å². The van der Waals surface area contributed by atoms with E-state index in [1.165, 1.54) is 200 Å². The average Bonchev–Trinajstić information content (AvgIpc) is 3.27. The first-order valence-electron chi connectivity index (χ1n) is 24.9. The zero-order chi connectivity index (χ0) is 41.5. The van der Waals surface area contributed by atoms with E-state index in [1.807, 2.05) is 0 Å². The highest BCUT2D eigenvalue weighted by molar-refractivity contribution is 5.47. The van der Waals surface area contributed by atoms with Crippen LogP contribution in [0, 0.1) is 5.92 Å². The third-order valence-corrected chi connectivity index (χ3v) is 14.3. The molecule has 0 heterocycles. The zero-order valence-electron chi connectivity index (χ0n) is 38.0. The van der Waals surface area contributed by atoms with E-state index >= 15 is 0 Å². The van der Waals surface area contributed by atoms with Crippen molar-refractivity contribution in [3.63, 3.8) is 0 Å². The molecule has 322 valence electrons. The van der Waals surface area contributed by atoms with Crippen molar-refractivity contribution in [2.45, 2.75) is 205 Å². The van der Waals surface area contributed by atoms with Crippen LogP contribution < -0.4 is 11.5 Å². The molecule has 1 aliphatic carbocycles. The Balaban J connectivity index is 1.36. The van der Waals surface area contributed by atoms with Crippen molar-refractivity contribution in [3.05, 3.63) is 130 Å². The summed E-state index contributed by atoms with van der Waals surface area (Å²) in [5.74, 6) is 1.66. The standard InChI is InChI=1S/C57H84N2/c1-4-7-10-12-14-16-18-21-24-55(49-30-38-53(58)39-31-49)47-26-34-51(35-27-47)57(44-42-46(43-45-57)23-20-9-6-3)52-36-28-48(29-37-52)56(50-32-40-54(59)41-33-50)25-22-19-17-15-13-11-8-5-2/h26-41,46,55-56H,4-25,42-45,58-59H2,1-3H3. The molecule has 1 aliphatic rings. The van der Waals surface area contributed by atoms with Gasteiger partial charge in [0.05, 0.1) is 0 Å². The summed E-state index contributed by atoms with van der Waals surface area (Å²) >= 11 is 0. The Hall–Kier alpha value is -3.52. The van der Waals surface area contributed by atoms with Gasteiger partial charge in [0.1, 0.15) is 0 Å². The van der Waals surface area contributed by atoms with Crippen LogP contribution in [0.3, 0.4) is 0 Å². The molecule has 0 aliphatic heterocycles. The van der Waals surface area contributed by atoms with Gasteiger partial charge in [-0.05, 0) is 102 Å². The second-order valence-corrected chi connectivity index (χ2v) is 18.7. The minimum Gasteiger partial charge on any atom is -0.399 e. The van der Waals surface area contributed by atoms with Crippen LogP contribution in [-0.4, -0.2) is 0 Å². The van der Waals surface area contributed by atoms with E-state index in [2.05, 4.69) is 118 Å². The van der Waals surface area contributed by atoms with Gasteiger partial charge in [0, 0.05) is 28.6 Å². The van der Waals surface area contributed by atoms with E-state index in [9.17, 15) is 0 Å². The largest absolute Gasteiger partial charge is 0.399 e. The fraction of sp³-hybridized carbons (Fsp3) is 0.579. The third-order valence-electron chi connectivity index (χ3n) is 14.3.